The number of carbonyl (C=O) groups excluding carboxylic acids is 1. The molecule has 6 heteroatoms. The second-order valence-corrected chi connectivity index (χ2v) is 0.862. The normalized spacial score (nSPS) is 7.44. The average molecular weight is 132 g/mol. The summed E-state index contributed by atoms with van der Waals surface area (Å²) >= 11 is 0. The summed E-state index contributed by atoms with van der Waals surface area (Å²) in [5, 5.41) is 9.12. The van der Waals surface area contributed by atoms with Gasteiger partial charge < -0.3 is 9.90 Å². The average Bonchev–Trinajstić information content (AvgIpc) is 1.64. The van der Waals surface area contributed by atoms with E-state index in [-0.39, 0.29) is 18.9 Å². The van der Waals surface area contributed by atoms with Crippen LogP contribution in [0.2, 0.25) is 0 Å². The summed E-state index contributed by atoms with van der Waals surface area (Å²) in [6, 6.07) is 0. The summed E-state index contributed by atoms with van der Waals surface area (Å²) in [5.41, 5.74) is 0. The van der Waals surface area contributed by atoms with Gasteiger partial charge in [-0.15, -0.1) is 0 Å². The zero-order valence-corrected chi connectivity index (χ0v) is 4.45. The number of hydrogen-bond donors (Lipinski definition) is 0. The predicted octanol–water partition coefficient (Wildman–Crippen LogP) is -3.18. The zero-order chi connectivity index (χ0) is 6.73. The molecule has 0 radical (unpaired) electrons. The van der Waals surface area contributed by atoms with Gasteiger partial charge in [-0.25, -0.2) is 0 Å². The van der Waals surface area contributed by atoms with Gasteiger partial charge >= 0.3 is 24.9 Å². The number of hydrogen-bond acceptors (Lipinski definition) is 2. The fraction of sp³-hybridized carbons (Fsp3) is 0. The number of aliphatic carboxylic acids is 1. The summed E-state index contributed by atoms with van der Waals surface area (Å²) in [6.45, 7) is 0. The molecule has 0 bridgehead atoms. The number of halogens is 3. The molecule has 2 nitrogen and oxygen atoms in total. The maximum atomic E-state index is 11.1. The molecule has 0 aromatic carbocycles. The van der Waals surface area contributed by atoms with Gasteiger partial charge in [-0.3, -0.25) is 0 Å². The van der Waals surface area contributed by atoms with Crippen LogP contribution in [0.15, 0.2) is 11.9 Å². The molecule has 0 rings (SSSR count). The van der Waals surface area contributed by atoms with E-state index in [1.165, 1.54) is 0 Å². The number of carboxylic acids is 1. The molecule has 0 unspecified atom stereocenters. The molecular formula is C3F3LiO2. The molecule has 0 heterocycles. The Balaban J connectivity index is 0. The maximum absolute atomic E-state index is 11.1. The van der Waals surface area contributed by atoms with Gasteiger partial charge in [0.05, 0.1) is 0 Å². The van der Waals surface area contributed by atoms with Crippen LogP contribution in [0, 0.1) is 0 Å². The minimum atomic E-state index is -2.87. The van der Waals surface area contributed by atoms with E-state index in [1.54, 1.807) is 0 Å². The SMILES string of the molecule is O=C([O-])C(F)=C(F)F.[Li+]. The van der Waals surface area contributed by atoms with Gasteiger partial charge in [0.25, 0.3) is 0 Å². The second kappa shape index (κ2) is 4.47. The quantitative estimate of drug-likeness (QED) is 0.278. The summed E-state index contributed by atoms with van der Waals surface area (Å²) in [7, 11) is 0. The molecular weight excluding hydrogens is 132 g/mol. The molecule has 0 saturated heterocycles. The van der Waals surface area contributed by atoms with Gasteiger partial charge in [0.15, 0.2) is 0 Å². The first-order valence-electron chi connectivity index (χ1n) is 1.48. The fourth-order valence-electron chi connectivity index (χ4n) is 0.0772. The number of carbonyl (C=O) groups is 1. The first-order valence-corrected chi connectivity index (χ1v) is 1.48. The van der Waals surface area contributed by atoms with Gasteiger partial charge in [0.2, 0.25) is 5.83 Å². The molecule has 0 aliphatic heterocycles. The summed E-state index contributed by atoms with van der Waals surface area (Å²) < 4.78 is 32.6. The third kappa shape index (κ3) is 4.12. The monoisotopic (exact) mass is 132 g/mol. The molecule has 0 saturated carbocycles. The Bertz CT molecular complexity index is 140. The van der Waals surface area contributed by atoms with E-state index in [9.17, 15) is 13.2 Å². The molecule has 0 atom stereocenters. The molecule has 46 valence electrons. The van der Waals surface area contributed by atoms with Gasteiger partial charge in [-0.05, 0) is 0 Å². The van der Waals surface area contributed by atoms with E-state index in [0.717, 1.165) is 0 Å². The second-order valence-electron chi connectivity index (χ2n) is 0.862. The van der Waals surface area contributed by atoms with Crippen LogP contribution in [-0.2, 0) is 4.79 Å². The standard InChI is InChI=1S/C3HF3O2.Li/c4-1(2(5)6)3(7)8;/h(H,7,8);/q;+1/p-1. The van der Waals surface area contributed by atoms with Crippen molar-refractivity contribution in [3.63, 3.8) is 0 Å². The first-order chi connectivity index (χ1) is 3.55. The van der Waals surface area contributed by atoms with Crippen LogP contribution < -0.4 is 24.0 Å². The Morgan fingerprint density at radius 1 is 1.22 bits per heavy atom. The molecule has 0 spiro atoms. The van der Waals surface area contributed by atoms with Crippen LogP contribution in [0.1, 0.15) is 0 Å². The largest absolute Gasteiger partial charge is 1.00 e. The Hall–Kier alpha value is -0.403. The van der Waals surface area contributed by atoms with E-state index in [2.05, 4.69) is 0 Å². The van der Waals surface area contributed by atoms with Crippen molar-refractivity contribution in [1.82, 2.24) is 0 Å². The van der Waals surface area contributed by atoms with E-state index < -0.39 is 17.9 Å². The molecule has 0 fully saturated rings. The van der Waals surface area contributed by atoms with Crippen LogP contribution in [0.4, 0.5) is 13.2 Å². The third-order valence-corrected chi connectivity index (χ3v) is 0.345. The predicted molar refractivity (Wildman–Crippen MR) is 15.4 cm³/mol. The van der Waals surface area contributed by atoms with E-state index >= 15 is 0 Å². The number of rotatable bonds is 1. The van der Waals surface area contributed by atoms with Crippen molar-refractivity contribution < 1.29 is 41.9 Å². The van der Waals surface area contributed by atoms with Crippen molar-refractivity contribution in [3.05, 3.63) is 11.9 Å². The molecule has 9 heavy (non-hydrogen) atoms. The Morgan fingerprint density at radius 2 is 1.56 bits per heavy atom. The minimum absolute atomic E-state index is 0. The van der Waals surface area contributed by atoms with E-state index in [0.29, 0.717) is 0 Å². The summed E-state index contributed by atoms with van der Waals surface area (Å²) in [5.74, 6) is -5.00. The summed E-state index contributed by atoms with van der Waals surface area (Å²) in [6.07, 6.45) is -2.87. The van der Waals surface area contributed by atoms with E-state index in [4.69, 9.17) is 9.90 Å². The van der Waals surface area contributed by atoms with Crippen LogP contribution in [0.3, 0.4) is 0 Å². The van der Waals surface area contributed by atoms with Crippen molar-refractivity contribution >= 4 is 5.97 Å². The van der Waals surface area contributed by atoms with Gasteiger partial charge in [-0.2, -0.15) is 13.2 Å². The van der Waals surface area contributed by atoms with Crippen molar-refractivity contribution in [3.8, 4) is 0 Å². The van der Waals surface area contributed by atoms with Crippen LogP contribution in [-0.4, -0.2) is 5.97 Å². The van der Waals surface area contributed by atoms with Gasteiger partial charge in [0.1, 0.15) is 5.97 Å². The van der Waals surface area contributed by atoms with Crippen molar-refractivity contribution in [2.24, 2.45) is 0 Å². The number of carboxylic acid groups (broad SMARTS) is 1. The van der Waals surface area contributed by atoms with Gasteiger partial charge in [-0.1, -0.05) is 0 Å². The van der Waals surface area contributed by atoms with Crippen molar-refractivity contribution in [2.75, 3.05) is 0 Å². The van der Waals surface area contributed by atoms with Crippen molar-refractivity contribution in [2.45, 2.75) is 0 Å². The Morgan fingerprint density at radius 3 is 1.56 bits per heavy atom. The zero-order valence-electron chi connectivity index (χ0n) is 4.45. The molecule has 0 aromatic heterocycles. The van der Waals surface area contributed by atoms with E-state index in [1.807, 2.05) is 0 Å². The van der Waals surface area contributed by atoms with Crippen molar-refractivity contribution in [1.29, 1.82) is 0 Å². The first kappa shape index (κ1) is 11.4. The molecule has 0 aliphatic carbocycles. The Kier molecular flexibility index (Phi) is 5.67. The van der Waals surface area contributed by atoms with Crippen LogP contribution in [0.5, 0.6) is 0 Å². The summed E-state index contributed by atoms with van der Waals surface area (Å²) in [4.78, 5) is 9.12. The Labute approximate surface area is 60.5 Å². The fourth-order valence-corrected chi connectivity index (χ4v) is 0.0772. The molecule has 0 aromatic rings. The molecule has 0 N–H and O–H groups in total. The molecule has 0 amide bonds. The van der Waals surface area contributed by atoms with Gasteiger partial charge in [0, 0.05) is 0 Å². The molecule has 0 aliphatic rings. The van der Waals surface area contributed by atoms with Crippen LogP contribution in [0.25, 0.3) is 0 Å². The topological polar surface area (TPSA) is 40.1 Å². The minimum Gasteiger partial charge on any atom is -0.542 e. The smallest absolute Gasteiger partial charge is 0.542 e. The third-order valence-electron chi connectivity index (χ3n) is 0.345. The van der Waals surface area contributed by atoms with Crippen LogP contribution >= 0.6 is 0 Å². The maximum Gasteiger partial charge on any atom is 1.00 e.